The SMILES string of the molecule is CCCCCCCCCCCCCCCCCC(=O)N[C@H]1[C@H]([C@H](O)[C@H](O)CO)OC(O)(C(=O)O)C[C@@H]1O. The van der Waals surface area contributed by atoms with E-state index in [0.29, 0.717) is 6.42 Å². The summed E-state index contributed by atoms with van der Waals surface area (Å²) >= 11 is 0. The Labute approximate surface area is 221 Å². The van der Waals surface area contributed by atoms with E-state index < -0.39 is 61.1 Å². The summed E-state index contributed by atoms with van der Waals surface area (Å²) in [5.41, 5.74) is 0. The second kappa shape index (κ2) is 18.9. The van der Waals surface area contributed by atoms with E-state index in [4.69, 9.17) is 9.84 Å². The van der Waals surface area contributed by atoms with Gasteiger partial charge in [0.25, 0.3) is 5.79 Å². The molecular formula is C27H51NO9. The number of unbranched alkanes of at least 4 members (excludes halogenated alkanes) is 14. The molecule has 10 heteroatoms. The largest absolute Gasteiger partial charge is 0.477 e. The van der Waals surface area contributed by atoms with Crippen LogP contribution in [0.25, 0.3) is 0 Å². The molecule has 7 N–H and O–H groups in total. The summed E-state index contributed by atoms with van der Waals surface area (Å²) in [6.45, 7) is 1.38. The van der Waals surface area contributed by atoms with Crippen molar-refractivity contribution in [3.63, 3.8) is 0 Å². The fourth-order valence-electron chi connectivity index (χ4n) is 4.82. The molecule has 1 heterocycles. The van der Waals surface area contributed by atoms with E-state index in [1.165, 1.54) is 70.6 Å². The summed E-state index contributed by atoms with van der Waals surface area (Å²) in [5.74, 6) is -4.99. The molecule has 10 nitrogen and oxygen atoms in total. The third-order valence-corrected chi connectivity index (χ3v) is 7.17. The quantitative estimate of drug-likeness (QED) is 0.109. The third kappa shape index (κ3) is 12.9. The molecule has 0 bridgehead atoms. The zero-order valence-corrected chi connectivity index (χ0v) is 22.5. The number of hydrogen-bond acceptors (Lipinski definition) is 8. The number of carboxylic acids is 1. The predicted octanol–water partition coefficient (Wildman–Crippen LogP) is 2.37. The highest BCUT2D eigenvalue weighted by Crippen LogP contribution is 2.30. The molecule has 0 spiro atoms. The lowest BCUT2D eigenvalue weighted by atomic mass is 9.88. The van der Waals surface area contributed by atoms with Crippen molar-refractivity contribution in [3.05, 3.63) is 0 Å². The third-order valence-electron chi connectivity index (χ3n) is 7.17. The van der Waals surface area contributed by atoms with Gasteiger partial charge in [0, 0.05) is 12.8 Å². The average molecular weight is 534 g/mol. The molecule has 1 fully saturated rings. The molecule has 1 aliphatic heterocycles. The summed E-state index contributed by atoms with van der Waals surface area (Å²) in [4.78, 5) is 23.8. The van der Waals surface area contributed by atoms with E-state index in [2.05, 4.69) is 12.2 Å². The van der Waals surface area contributed by atoms with Crippen LogP contribution < -0.4 is 5.32 Å². The number of aliphatic hydroxyl groups excluding tert-OH is 4. The lowest BCUT2D eigenvalue weighted by Gasteiger charge is -2.44. The highest BCUT2D eigenvalue weighted by Gasteiger charge is 2.53. The average Bonchev–Trinajstić information content (AvgIpc) is 2.86. The Hall–Kier alpha value is -1.30. The summed E-state index contributed by atoms with van der Waals surface area (Å²) < 4.78 is 5.10. The molecule has 6 atom stereocenters. The van der Waals surface area contributed by atoms with Crippen molar-refractivity contribution in [3.8, 4) is 0 Å². The molecule has 0 aromatic rings. The highest BCUT2D eigenvalue weighted by atomic mass is 16.7. The zero-order valence-electron chi connectivity index (χ0n) is 22.5. The number of aliphatic carboxylic acids is 1. The number of ether oxygens (including phenoxy) is 1. The van der Waals surface area contributed by atoms with Crippen LogP contribution in [0.2, 0.25) is 0 Å². The van der Waals surface area contributed by atoms with Crippen LogP contribution in [0.15, 0.2) is 0 Å². The highest BCUT2D eigenvalue weighted by molar-refractivity contribution is 5.77. The number of nitrogens with one attached hydrogen (secondary N) is 1. The summed E-state index contributed by atoms with van der Waals surface area (Å²) in [6.07, 6.45) is 10.8. The molecule has 37 heavy (non-hydrogen) atoms. The zero-order chi connectivity index (χ0) is 27.7. The lowest BCUT2D eigenvalue weighted by Crippen LogP contribution is -2.67. The van der Waals surface area contributed by atoms with Gasteiger partial charge in [-0.2, -0.15) is 0 Å². The van der Waals surface area contributed by atoms with Crippen molar-refractivity contribution in [2.24, 2.45) is 0 Å². The number of amides is 1. The molecule has 1 amide bonds. The van der Waals surface area contributed by atoms with Crippen molar-refractivity contribution in [1.82, 2.24) is 5.32 Å². The van der Waals surface area contributed by atoms with Crippen LogP contribution in [0, 0.1) is 0 Å². The van der Waals surface area contributed by atoms with Gasteiger partial charge in [0.15, 0.2) is 0 Å². The monoisotopic (exact) mass is 533 g/mol. The summed E-state index contributed by atoms with van der Waals surface area (Å²) in [5, 5.41) is 61.5. The number of carbonyl (C=O) groups excluding carboxylic acids is 1. The van der Waals surface area contributed by atoms with Crippen LogP contribution in [0.3, 0.4) is 0 Å². The standard InChI is InChI=1S/C27H51NO9/c1-2-3-4-5-6-7-8-9-10-11-12-13-14-15-16-17-22(32)28-23-20(30)18-27(36,26(34)35)37-25(23)24(33)21(31)19-29/h20-21,23-25,29-31,33,36H,2-19H2,1H3,(H,28,32)(H,34,35)/t20-,21+,23+,24+,25+,27?/m0/s1. The van der Waals surface area contributed by atoms with E-state index in [-0.39, 0.29) is 6.42 Å². The van der Waals surface area contributed by atoms with Gasteiger partial charge in [-0.15, -0.1) is 0 Å². The van der Waals surface area contributed by atoms with Crippen molar-refractivity contribution in [2.45, 2.75) is 152 Å². The van der Waals surface area contributed by atoms with Crippen molar-refractivity contribution >= 4 is 11.9 Å². The molecule has 1 aliphatic rings. The Morgan fingerprint density at radius 2 is 1.35 bits per heavy atom. The summed E-state index contributed by atoms with van der Waals surface area (Å²) in [6, 6.07) is -1.26. The Bertz CT molecular complexity index is 635. The molecule has 1 rings (SSSR count). The van der Waals surface area contributed by atoms with Gasteiger partial charge in [-0.25, -0.2) is 4.79 Å². The van der Waals surface area contributed by atoms with Crippen molar-refractivity contribution in [2.75, 3.05) is 6.61 Å². The van der Waals surface area contributed by atoms with Crippen LogP contribution >= 0.6 is 0 Å². The predicted molar refractivity (Wildman–Crippen MR) is 139 cm³/mol. The minimum absolute atomic E-state index is 0.177. The van der Waals surface area contributed by atoms with E-state index >= 15 is 0 Å². The second-order valence-corrected chi connectivity index (χ2v) is 10.5. The van der Waals surface area contributed by atoms with Gasteiger partial charge in [0.05, 0.1) is 18.8 Å². The molecule has 1 saturated heterocycles. The van der Waals surface area contributed by atoms with E-state index in [0.717, 1.165) is 19.3 Å². The molecule has 0 radical (unpaired) electrons. The minimum atomic E-state index is -2.80. The van der Waals surface area contributed by atoms with Gasteiger partial charge in [-0.3, -0.25) is 4.79 Å². The molecule has 0 aromatic carbocycles. The molecular weight excluding hydrogens is 482 g/mol. The first-order chi connectivity index (χ1) is 17.7. The van der Waals surface area contributed by atoms with Gasteiger partial charge in [0.2, 0.25) is 5.91 Å². The molecule has 218 valence electrons. The Balaban J connectivity index is 2.26. The molecule has 0 aliphatic carbocycles. The number of carboxylic acid groups (broad SMARTS) is 1. The molecule has 0 aromatic heterocycles. The topological polar surface area (TPSA) is 177 Å². The molecule has 0 saturated carbocycles. The molecule has 1 unspecified atom stereocenters. The summed E-state index contributed by atoms with van der Waals surface area (Å²) in [7, 11) is 0. The normalized spacial score (nSPS) is 25.5. The van der Waals surface area contributed by atoms with Gasteiger partial charge >= 0.3 is 5.97 Å². The van der Waals surface area contributed by atoms with Crippen molar-refractivity contribution < 1.29 is 45.0 Å². The van der Waals surface area contributed by atoms with E-state index in [1.807, 2.05) is 0 Å². The Morgan fingerprint density at radius 3 is 1.78 bits per heavy atom. The minimum Gasteiger partial charge on any atom is -0.477 e. The van der Waals surface area contributed by atoms with E-state index in [1.54, 1.807) is 0 Å². The van der Waals surface area contributed by atoms with E-state index in [9.17, 15) is 35.1 Å². The maximum Gasteiger partial charge on any atom is 0.364 e. The van der Waals surface area contributed by atoms with Crippen LogP contribution in [0.1, 0.15) is 116 Å². The first-order valence-corrected chi connectivity index (χ1v) is 14.2. The Kier molecular flexibility index (Phi) is 17.2. The number of carbonyl (C=O) groups is 2. The van der Waals surface area contributed by atoms with Crippen molar-refractivity contribution in [1.29, 1.82) is 0 Å². The van der Waals surface area contributed by atoms with Gasteiger partial charge in [-0.1, -0.05) is 96.8 Å². The van der Waals surface area contributed by atoms with Gasteiger partial charge < -0.3 is 40.7 Å². The number of aliphatic hydroxyl groups is 5. The van der Waals surface area contributed by atoms with Crippen LogP contribution in [-0.2, 0) is 14.3 Å². The number of hydrogen-bond donors (Lipinski definition) is 7. The van der Waals surface area contributed by atoms with Crippen LogP contribution in [0.5, 0.6) is 0 Å². The first-order valence-electron chi connectivity index (χ1n) is 14.2. The fourth-order valence-corrected chi connectivity index (χ4v) is 4.82. The van der Waals surface area contributed by atoms with Gasteiger partial charge in [0.1, 0.15) is 18.3 Å². The first kappa shape index (κ1) is 33.7. The Morgan fingerprint density at radius 1 is 0.892 bits per heavy atom. The maximum atomic E-state index is 12.4. The smallest absolute Gasteiger partial charge is 0.364 e. The second-order valence-electron chi connectivity index (χ2n) is 10.5. The maximum absolute atomic E-state index is 12.4. The van der Waals surface area contributed by atoms with Crippen LogP contribution in [0.4, 0.5) is 0 Å². The van der Waals surface area contributed by atoms with Gasteiger partial charge in [-0.05, 0) is 6.42 Å². The fraction of sp³-hybridized carbons (Fsp3) is 0.926. The number of rotatable bonds is 21. The lowest BCUT2D eigenvalue weighted by molar-refractivity contribution is -0.295. The van der Waals surface area contributed by atoms with Crippen LogP contribution in [-0.4, -0.2) is 85.4 Å².